The number of alkyl halides is 1. The van der Waals surface area contributed by atoms with Crippen LogP contribution >= 0.6 is 11.6 Å². The molecule has 1 heterocycles. The van der Waals surface area contributed by atoms with Crippen LogP contribution in [0.3, 0.4) is 0 Å². The topological polar surface area (TPSA) is 9.23 Å². The highest BCUT2D eigenvalue weighted by Crippen LogP contribution is 2.28. The molecule has 1 nitrogen and oxygen atoms in total. The highest BCUT2D eigenvalue weighted by Gasteiger charge is 2.28. The Morgan fingerprint density at radius 3 is 2.82 bits per heavy atom. The molecule has 0 bridgehead atoms. The van der Waals surface area contributed by atoms with Gasteiger partial charge in [0.2, 0.25) is 0 Å². The summed E-state index contributed by atoms with van der Waals surface area (Å²) in [5.41, 5.74) is 0.464. The molecule has 0 N–H and O–H groups in total. The molecule has 1 saturated heterocycles. The summed E-state index contributed by atoms with van der Waals surface area (Å²) in [6.07, 6.45) is 1.53. The first-order valence-electron chi connectivity index (χ1n) is 5.76. The lowest BCUT2D eigenvalue weighted by molar-refractivity contribution is 0.119. The minimum Gasteiger partial charge on any atom is -0.378 e. The molecule has 0 amide bonds. The average molecular weight is 261 g/mol. The van der Waals surface area contributed by atoms with Gasteiger partial charge in [-0.25, -0.2) is 8.78 Å². The van der Waals surface area contributed by atoms with E-state index in [2.05, 4.69) is 0 Å². The molecule has 3 unspecified atom stereocenters. The molecule has 94 valence electrons. The van der Waals surface area contributed by atoms with Crippen molar-refractivity contribution < 1.29 is 13.5 Å². The summed E-state index contributed by atoms with van der Waals surface area (Å²) in [5.74, 6) is -0.839. The fourth-order valence-electron chi connectivity index (χ4n) is 2.17. The summed E-state index contributed by atoms with van der Waals surface area (Å²) in [6, 6.07) is 3.61. The number of rotatable bonds is 3. The summed E-state index contributed by atoms with van der Waals surface area (Å²) in [6.45, 7) is 2.63. The monoisotopic (exact) mass is 260 g/mol. The summed E-state index contributed by atoms with van der Waals surface area (Å²) < 4.78 is 31.6. The first-order chi connectivity index (χ1) is 8.06. The van der Waals surface area contributed by atoms with E-state index in [4.69, 9.17) is 16.3 Å². The maximum Gasteiger partial charge on any atom is 0.129 e. The first-order valence-corrected chi connectivity index (χ1v) is 6.19. The molecular weight excluding hydrogens is 246 g/mol. The third-order valence-electron chi connectivity index (χ3n) is 3.17. The molecule has 0 radical (unpaired) electrons. The molecule has 1 aliphatic rings. The van der Waals surface area contributed by atoms with Crippen LogP contribution in [0.15, 0.2) is 18.2 Å². The van der Waals surface area contributed by atoms with Crippen LogP contribution in [-0.4, -0.2) is 18.1 Å². The summed E-state index contributed by atoms with van der Waals surface area (Å²) >= 11 is 6.26. The molecule has 2 rings (SSSR count). The van der Waals surface area contributed by atoms with Crippen molar-refractivity contribution in [3.63, 3.8) is 0 Å². The van der Waals surface area contributed by atoms with E-state index in [9.17, 15) is 8.78 Å². The standard InChI is InChI=1S/C13H15ClF2O/c1-8-4-10(7-17-8)12(14)5-9-2-3-11(15)6-13(9)16/h2-3,6,8,10,12H,4-5,7H2,1H3. The summed E-state index contributed by atoms with van der Waals surface area (Å²) in [4.78, 5) is 0. The van der Waals surface area contributed by atoms with Gasteiger partial charge in [-0.1, -0.05) is 6.07 Å². The van der Waals surface area contributed by atoms with Crippen molar-refractivity contribution in [1.82, 2.24) is 0 Å². The fourth-order valence-corrected chi connectivity index (χ4v) is 2.51. The second-order valence-electron chi connectivity index (χ2n) is 4.60. The quantitative estimate of drug-likeness (QED) is 0.756. The smallest absolute Gasteiger partial charge is 0.129 e. The Balaban J connectivity index is 2.00. The Bertz CT molecular complexity index is 397. The molecule has 1 aromatic rings. The van der Waals surface area contributed by atoms with Crippen LogP contribution in [0.5, 0.6) is 0 Å². The van der Waals surface area contributed by atoms with Crippen LogP contribution in [0.2, 0.25) is 0 Å². The normalized spacial score (nSPS) is 26.1. The Morgan fingerprint density at radius 1 is 1.47 bits per heavy atom. The minimum absolute atomic E-state index is 0.167. The van der Waals surface area contributed by atoms with Crippen molar-refractivity contribution >= 4 is 11.6 Å². The van der Waals surface area contributed by atoms with Gasteiger partial charge in [0.15, 0.2) is 0 Å². The maximum absolute atomic E-state index is 13.4. The number of benzene rings is 1. The summed E-state index contributed by atoms with van der Waals surface area (Å²) in [5, 5.41) is -0.167. The van der Waals surface area contributed by atoms with Crippen molar-refractivity contribution in [2.24, 2.45) is 5.92 Å². The highest BCUT2D eigenvalue weighted by molar-refractivity contribution is 6.21. The molecule has 0 spiro atoms. The molecule has 1 aromatic carbocycles. The predicted molar refractivity (Wildman–Crippen MR) is 63.2 cm³/mol. The molecule has 4 heteroatoms. The van der Waals surface area contributed by atoms with E-state index >= 15 is 0 Å². The molecule has 3 atom stereocenters. The lowest BCUT2D eigenvalue weighted by atomic mass is 9.96. The van der Waals surface area contributed by atoms with Gasteiger partial charge in [0.05, 0.1) is 12.7 Å². The average Bonchev–Trinajstić information content (AvgIpc) is 2.69. The number of hydrogen-bond donors (Lipinski definition) is 0. The lowest BCUT2D eigenvalue weighted by Gasteiger charge is -2.15. The Kier molecular flexibility index (Phi) is 4.00. The van der Waals surface area contributed by atoms with E-state index in [0.717, 1.165) is 12.5 Å². The molecule has 0 saturated carbocycles. The lowest BCUT2D eigenvalue weighted by Crippen LogP contribution is -2.18. The van der Waals surface area contributed by atoms with Gasteiger partial charge in [0.25, 0.3) is 0 Å². The van der Waals surface area contributed by atoms with Crippen molar-refractivity contribution in [2.45, 2.75) is 31.2 Å². The van der Waals surface area contributed by atoms with Crippen molar-refractivity contribution in [3.05, 3.63) is 35.4 Å². The fraction of sp³-hybridized carbons (Fsp3) is 0.538. The molecule has 17 heavy (non-hydrogen) atoms. The van der Waals surface area contributed by atoms with Gasteiger partial charge in [-0.3, -0.25) is 0 Å². The third kappa shape index (κ3) is 3.17. The van der Waals surface area contributed by atoms with Crippen LogP contribution in [0, 0.1) is 17.6 Å². The minimum atomic E-state index is -0.560. The largest absolute Gasteiger partial charge is 0.378 e. The number of ether oxygens (including phenoxy) is 1. The van der Waals surface area contributed by atoms with Crippen LogP contribution in [0.1, 0.15) is 18.9 Å². The zero-order valence-electron chi connectivity index (χ0n) is 9.63. The maximum atomic E-state index is 13.4. The van der Waals surface area contributed by atoms with E-state index in [1.54, 1.807) is 0 Å². The van der Waals surface area contributed by atoms with Crippen LogP contribution in [-0.2, 0) is 11.2 Å². The van der Waals surface area contributed by atoms with Gasteiger partial charge in [0, 0.05) is 17.4 Å². The van der Waals surface area contributed by atoms with E-state index < -0.39 is 11.6 Å². The second kappa shape index (κ2) is 5.32. The van der Waals surface area contributed by atoms with Gasteiger partial charge >= 0.3 is 0 Å². The first kappa shape index (κ1) is 12.8. The number of halogens is 3. The molecule has 1 aliphatic heterocycles. The Hall–Kier alpha value is -0.670. The van der Waals surface area contributed by atoms with E-state index in [-0.39, 0.29) is 17.4 Å². The Morgan fingerprint density at radius 2 is 2.24 bits per heavy atom. The highest BCUT2D eigenvalue weighted by atomic mass is 35.5. The zero-order valence-corrected chi connectivity index (χ0v) is 10.4. The van der Waals surface area contributed by atoms with Crippen molar-refractivity contribution in [3.8, 4) is 0 Å². The van der Waals surface area contributed by atoms with E-state index in [0.29, 0.717) is 18.6 Å². The van der Waals surface area contributed by atoms with Gasteiger partial charge in [0.1, 0.15) is 11.6 Å². The van der Waals surface area contributed by atoms with Crippen molar-refractivity contribution in [1.29, 1.82) is 0 Å². The van der Waals surface area contributed by atoms with Gasteiger partial charge in [-0.05, 0) is 31.4 Å². The van der Waals surface area contributed by atoms with E-state index in [1.165, 1.54) is 12.1 Å². The molecular formula is C13H15ClF2O. The molecule has 0 aromatic heterocycles. The van der Waals surface area contributed by atoms with Crippen LogP contribution < -0.4 is 0 Å². The van der Waals surface area contributed by atoms with Crippen LogP contribution in [0.4, 0.5) is 8.78 Å². The molecule has 1 fully saturated rings. The Labute approximate surface area is 105 Å². The zero-order chi connectivity index (χ0) is 12.4. The van der Waals surface area contributed by atoms with Crippen LogP contribution in [0.25, 0.3) is 0 Å². The van der Waals surface area contributed by atoms with Gasteiger partial charge in [-0.2, -0.15) is 0 Å². The third-order valence-corrected chi connectivity index (χ3v) is 3.68. The summed E-state index contributed by atoms with van der Waals surface area (Å²) in [7, 11) is 0. The number of hydrogen-bond acceptors (Lipinski definition) is 1. The van der Waals surface area contributed by atoms with Crippen molar-refractivity contribution in [2.75, 3.05) is 6.61 Å². The molecule has 0 aliphatic carbocycles. The second-order valence-corrected chi connectivity index (χ2v) is 5.16. The SMILES string of the molecule is CC1CC(C(Cl)Cc2ccc(F)cc2F)CO1. The van der Waals surface area contributed by atoms with E-state index in [1.807, 2.05) is 6.92 Å². The van der Waals surface area contributed by atoms with Gasteiger partial charge < -0.3 is 4.74 Å². The predicted octanol–water partition coefficient (Wildman–Crippen LogP) is 3.54. The van der Waals surface area contributed by atoms with Gasteiger partial charge in [-0.15, -0.1) is 11.6 Å².